The standard InChI is InChI=1S/C12H14N2OS/c1-10-3-2-4-11(9-10)15-8-7-14-6-5-13-12(14)16/h2-6,9H,7-8H2,1H3,(H,13,16). The zero-order valence-corrected chi connectivity index (χ0v) is 9.96. The number of H-pyrrole nitrogens is 1. The Morgan fingerprint density at radius 1 is 1.44 bits per heavy atom. The maximum absolute atomic E-state index is 5.63. The van der Waals surface area contributed by atoms with Crippen molar-refractivity contribution in [2.24, 2.45) is 0 Å². The number of aromatic amines is 1. The largest absolute Gasteiger partial charge is 0.492 e. The van der Waals surface area contributed by atoms with Crippen molar-refractivity contribution in [1.29, 1.82) is 0 Å². The van der Waals surface area contributed by atoms with Gasteiger partial charge in [-0.15, -0.1) is 0 Å². The van der Waals surface area contributed by atoms with Crippen molar-refractivity contribution in [3.05, 3.63) is 47.0 Å². The van der Waals surface area contributed by atoms with Gasteiger partial charge in [-0.05, 0) is 36.8 Å². The van der Waals surface area contributed by atoms with Crippen molar-refractivity contribution in [2.45, 2.75) is 13.5 Å². The molecule has 0 aliphatic carbocycles. The second kappa shape index (κ2) is 4.99. The molecule has 0 radical (unpaired) electrons. The Labute approximate surface area is 99.7 Å². The molecule has 84 valence electrons. The molecule has 0 amide bonds. The quantitative estimate of drug-likeness (QED) is 0.824. The van der Waals surface area contributed by atoms with E-state index in [0.29, 0.717) is 6.61 Å². The second-order valence-corrected chi connectivity index (χ2v) is 4.01. The van der Waals surface area contributed by atoms with Gasteiger partial charge in [0.15, 0.2) is 4.77 Å². The molecule has 1 aromatic heterocycles. The third-order valence-electron chi connectivity index (χ3n) is 2.31. The predicted molar refractivity (Wildman–Crippen MR) is 66.3 cm³/mol. The maximum atomic E-state index is 5.63. The lowest BCUT2D eigenvalue weighted by Gasteiger charge is -2.07. The van der Waals surface area contributed by atoms with Gasteiger partial charge >= 0.3 is 0 Å². The van der Waals surface area contributed by atoms with E-state index >= 15 is 0 Å². The van der Waals surface area contributed by atoms with Crippen LogP contribution in [0.2, 0.25) is 0 Å². The van der Waals surface area contributed by atoms with Crippen molar-refractivity contribution in [3.8, 4) is 5.75 Å². The third kappa shape index (κ3) is 2.73. The number of hydrogen-bond acceptors (Lipinski definition) is 2. The lowest BCUT2D eigenvalue weighted by molar-refractivity contribution is 0.297. The fraction of sp³-hybridized carbons (Fsp3) is 0.250. The number of nitrogens with one attached hydrogen (secondary N) is 1. The minimum Gasteiger partial charge on any atom is -0.492 e. The first-order valence-corrected chi connectivity index (χ1v) is 5.60. The molecule has 0 saturated carbocycles. The molecule has 2 aromatic rings. The molecule has 0 spiro atoms. The van der Waals surface area contributed by atoms with Crippen LogP contribution in [0.25, 0.3) is 0 Å². The first-order valence-electron chi connectivity index (χ1n) is 5.19. The van der Waals surface area contributed by atoms with E-state index in [9.17, 15) is 0 Å². The zero-order valence-electron chi connectivity index (χ0n) is 9.14. The Kier molecular flexibility index (Phi) is 3.41. The minimum absolute atomic E-state index is 0.621. The van der Waals surface area contributed by atoms with Crippen molar-refractivity contribution < 1.29 is 4.74 Å². The summed E-state index contributed by atoms with van der Waals surface area (Å²) in [6.45, 7) is 3.43. The highest BCUT2D eigenvalue weighted by Gasteiger charge is 1.95. The summed E-state index contributed by atoms with van der Waals surface area (Å²) in [5, 5.41) is 0. The molecule has 16 heavy (non-hydrogen) atoms. The highest BCUT2D eigenvalue weighted by Crippen LogP contribution is 2.12. The van der Waals surface area contributed by atoms with Crippen LogP contribution in [0.15, 0.2) is 36.7 Å². The molecule has 1 N–H and O–H groups in total. The molecule has 1 heterocycles. The predicted octanol–water partition coefficient (Wildman–Crippen LogP) is 2.93. The number of nitrogens with zero attached hydrogens (tertiary/aromatic N) is 1. The number of imidazole rings is 1. The summed E-state index contributed by atoms with van der Waals surface area (Å²) in [5.41, 5.74) is 1.20. The molecule has 2 rings (SSSR count). The number of aromatic nitrogens is 2. The van der Waals surface area contributed by atoms with Gasteiger partial charge in [-0.25, -0.2) is 0 Å². The number of benzene rings is 1. The van der Waals surface area contributed by atoms with Crippen LogP contribution in [-0.2, 0) is 6.54 Å². The molecule has 3 nitrogen and oxygen atoms in total. The van der Waals surface area contributed by atoms with Gasteiger partial charge in [-0.1, -0.05) is 12.1 Å². The van der Waals surface area contributed by atoms with Crippen LogP contribution >= 0.6 is 12.2 Å². The molecule has 4 heteroatoms. The molecule has 0 aliphatic heterocycles. The molecule has 0 aliphatic rings. The van der Waals surface area contributed by atoms with Gasteiger partial charge < -0.3 is 14.3 Å². The van der Waals surface area contributed by atoms with E-state index in [0.717, 1.165) is 17.1 Å². The SMILES string of the molecule is Cc1cccc(OCCn2cc[nH]c2=S)c1. The summed E-state index contributed by atoms with van der Waals surface area (Å²) in [6, 6.07) is 8.03. The van der Waals surface area contributed by atoms with Crippen LogP contribution in [0.1, 0.15) is 5.56 Å². The molecule has 0 unspecified atom stereocenters. The molecule has 0 atom stereocenters. The van der Waals surface area contributed by atoms with Crippen LogP contribution in [0.3, 0.4) is 0 Å². The summed E-state index contributed by atoms with van der Waals surface area (Å²) in [7, 11) is 0. The first kappa shape index (κ1) is 11.0. The first-order chi connectivity index (χ1) is 7.75. The molecular weight excluding hydrogens is 220 g/mol. The summed E-state index contributed by atoms with van der Waals surface area (Å²) in [5.74, 6) is 0.905. The normalized spacial score (nSPS) is 10.3. The van der Waals surface area contributed by atoms with Gasteiger partial charge in [0, 0.05) is 12.4 Å². The Balaban J connectivity index is 1.89. The monoisotopic (exact) mass is 234 g/mol. The van der Waals surface area contributed by atoms with E-state index in [1.165, 1.54) is 5.56 Å². The average molecular weight is 234 g/mol. The van der Waals surface area contributed by atoms with E-state index < -0.39 is 0 Å². The topological polar surface area (TPSA) is 29.9 Å². The van der Waals surface area contributed by atoms with Crippen LogP contribution in [0.5, 0.6) is 5.75 Å². The van der Waals surface area contributed by atoms with Gasteiger partial charge in [-0.3, -0.25) is 0 Å². The maximum Gasteiger partial charge on any atom is 0.177 e. The number of rotatable bonds is 4. The third-order valence-corrected chi connectivity index (χ3v) is 2.66. The van der Waals surface area contributed by atoms with E-state index in [2.05, 4.69) is 18.0 Å². The number of ether oxygens (including phenoxy) is 1. The molecular formula is C12H14N2OS. The highest BCUT2D eigenvalue weighted by atomic mass is 32.1. The molecule has 0 saturated heterocycles. The molecule has 0 fully saturated rings. The number of aryl methyl sites for hydroxylation is 1. The van der Waals surface area contributed by atoms with Gasteiger partial charge in [0.2, 0.25) is 0 Å². The van der Waals surface area contributed by atoms with Gasteiger partial charge in [-0.2, -0.15) is 0 Å². The molecule has 0 bridgehead atoms. The van der Waals surface area contributed by atoms with Crippen LogP contribution < -0.4 is 4.74 Å². The van der Waals surface area contributed by atoms with Gasteiger partial charge in [0.1, 0.15) is 12.4 Å². The van der Waals surface area contributed by atoms with Gasteiger partial charge in [0.25, 0.3) is 0 Å². The van der Waals surface area contributed by atoms with Gasteiger partial charge in [0.05, 0.1) is 6.54 Å². The van der Waals surface area contributed by atoms with Crippen molar-refractivity contribution in [1.82, 2.24) is 9.55 Å². The number of hydrogen-bond donors (Lipinski definition) is 1. The Hall–Kier alpha value is -1.55. The lowest BCUT2D eigenvalue weighted by Crippen LogP contribution is -2.07. The fourth-order valence-corrected chi connectivity index (χ4v) is 1.71. The van der Waals surface area contributed by atoms with E-state index in [1.54, 1.807) is 0 Å². The fourth-order valence-electron chi connectivity index (χ4n) is 1.49. The van der Waals surface area contributed by atoms with E-state index in [4.69, 9.17) is 17.0 Å². The molecule has 1 aromatic carbocycles. The van der Waals surface area contributed by atoms with Crippen LogP contribution in [0, 0.1) is 11.7 Å². The van der Waals surface area contributed by atoms with E-state index in [1.807, 2.05) is 35.2 Å². The smallest absolute Gasteiger partial charge is 0.177 e. The van der Waals surface area contributed by atoms with Crippen LogP contribution in [-0.4, -0.2) is 16.2 Å². The van der Waals surface area contributed by atoms with Crippen molar-refractivity contribution in [2.75, 3.05) is 6.61 Å². The van der Waals surface area contributed by atoms with Crippen molar-refractivity contribution >= 4 is 12.2 Å². The lowest BCUT2D eigenvalue weighted by atomic mass is 10.2. The second-order valence-electron chi connectivity index (χ2n) is 3.62. The zero-order chi connectivity index (χ0) is 11.4. The summed E-state index contributed by atoms with van der Waals surface area (Å²) < 4.78 is 8.31. The van der Waals surface area contributed by atoms with Crippen molar-refractivity contribution in [3.63, 3.8) is 0 Å². The summed E-state index contributed by atoms with van der Waals surface area (Å²) in [4.78, 5) is 2.95. The summed E-state index contributed by atoms with van der Waals surface area (Å²) in [6.07, 6.45) is 3.75. The average Bonchev–Trinajstić information content (AvgIpc) is 2.65. The Morgan fingerprint density at radius 2 is 2.31 bits per heavy atom. The summed E-state index contributed by atoms with van der Waals surface area (Å²) >= 11 is 5.09. The Morgan fingerprint density at radius 3 is 3.00 bits per heavy atom. The Bertz CT molecular complexity index is 515. The van der Waals surface area contributed by atoms with E-state index in [-0.39, 0.29) is 0 Å². The van der Waals surface area contributed by atoms with Crippen LogP contribution in [0.4, 0.5) is 0 Å². The highest BCUT2D eigenvalue weighted by molar-refractivity contribution is 7.71. The minimum atomic E-state index is 0.621.